The number of fused-ring (bicyclic) bond motifs is 1. The minimum atomic E-state index is -2.31. The van der Waals surface area contributed by atoms with Crippen LogP contribution in [0, 0.1) is 23.3 Å². The smallest absolute Gasteiger partial charge is 0.206 e. The number of hydrogen-bond donors (Lipinski definition) is 0. The lowest BCUT2D eigenvalue weighted by Gasteiger charge is -2.11. The summed E-state index contributed by atoms with van der Waals surface area (Å²) in [6, 6.07) is 7.39. The molecule has 3 aromatic carbocycles. The first-order valence-corrected chi connectivity index (χ1v) is 8.85. The monoisotopic (exact) mass is 406 g/mol. The first-order chi connectivity index (χ1) is 13.8. The predicted molar refractivity (Wildman–Crippen MR) is 103 cm³/mol. The third-order valence-electron chi connectivity index (χ3n) is 4.55. The normalized spacial score (nSPS) is 11.4. The second kappa shape index (κ2) is 8.55. The minimum Gasteiger partial charge on any atom is -0.206 e. The third-order valence-corrected chi connectivity index (χ3v) is 4.55. The van der Waals surface area contributed by atoms with Crippen LogP contribution in [-0.4, -0.2) is 0 Å². The maximum atomic E-state index is 14.6. The number of rotatable bonds is 5. The molecule has 0 aliphatic heterocycles. The van der Waals surface area contributed by atoms with Crippen LogP contribution in [0.3, 0.4) is 0 Å². The summed E-state index contributed by atoms with van der Waals surface area (Å²) >= 11 is 0. The molecule has 3 rings (SSSR count). The molecule has 0 saturated heterocycles. The number of benzene rings is 3. The SMILES string of the molecule is C/C=C/CCc1ccc(-c2cc(F)c3c(F)c(C=C(F)F)c(F)cc3c2)c(F)c1. The van der Waals surface area contributed by atoms with Crippen LogP contribution < -0.4 is 0 Å². The van der Waals surface area contributed by atoms with E-state index in [9.17, 15) is 26.3 Å². The average molecular weight is 406 g/mol. The Bertz CT molecular complexity index is 1120. The Hall–Kier alpha value is -3.02. The third kappa shape index (κ3) is 4.36. The fraction of sp³-hybridized carbons (Fsp3) is 0.130. The van der Waals surface area contributed by atoms with E-state index >= 15 is 0 Å². The molecule has 0 bridgehead atoms. The molecule has 0 spiro atoms. The van der Waals surface area contributed by atoms with Crippen molar-refractivity contribution in [1.29, 1.82) is 0 Å². The first kappa shape index (κ1) is 20.7. The highest BCUT2D eigenvalue weighted by Crippen LogP contribution is 2.33. The first-order valence-electron chi connectivity index (χ1n) is 8.85. The molecule has 0 nitrogen and oxygen atoms in total. The summed E-state index contributed by atoms with van der Waals surface area (Å²) in [6.45, 7) is 1.89. The van der Waals surface area contributed by atoms with E-state index in [4.69, 9.17) is 0 Å². The Morgan fingerprint density at radius 3 is 2.31 bits per heavy atom. The summed E-state index contributed by atoms with van der Waals surface area (Å²) in [5.41, 5.74) is -0.111. The van der Waals surface area contributed by atoms with Gasteiger partial charge >= 0.3 is 0 Å². The molecule has 0 saturated carbocycles. The van der Waals surface area contributed by atoms with E-state index in [1.165, 1.54) is 18.2 Å². The van der Waals surface area contributed by atoms with Crippen molar-refractivity contribution in [3.05, 3.63) is 89.0 Å². The van der Waals surface area contributed by atoms with Gasteiger partial charge in [-0.05, 0) is 60.5 Å². The summed E-state index contributed by atoms with van der Waals surface area (Å²) in [4.78, 5) is 0. The van der Waals surface area contributed by atoms with Crippen molar-refractivity contribution in [3.8, 4) is 11.1 Å². The molecule has 0 radical (unpaired) electrons. The second-order valence-corrected chi connectivity index (χ2v) is 6.50. The second-order valence-electron chi connectivity index (χ2n) is 6.50. The molecule has 0 fully saturated rings. The minimum absolute atomic E-state index is 0.00355. The van der Waals surface area contributed by atoms with Gasteiger partial charge in [0.15, 0.2) is 0 Å². The van der Waals surface area contributed by atoms with Gasteiger partial charge in [-0.15, -0.1) is 0 Å². The standard InChI is InChI=1S/C23H16F6/c1-2-3-4-5-13-6-7-16(18(24)8-13)14-9-15-11-19(25)17(12-21(27)28)23(29)22(15)20(26)10-14/h2-3,6-12H,4-5H2,1H3/b3-2+. The van der Waals surface area contributed by atoms with Crippen LogP contribution in [0.2, 0.25) is 0 Å². The highest BCUT2D eigenvalue weighted by molar-refractivity contribution is 5.90. The van der Waals surface area contributed by atoms with Crippen molar-refractivity contribution >= 4 is 16.8 Å². The molecule has 29 heavy (non-hydrogen) atoms. The van der Waals surface area contributed by atoms with E-state index in [1.807, 2.05) is 19.1 Å². The number of allylic oxidation sites excluding steroid dienone is 2. The van der Waals surface area contributed by atoms with Crippen LogP contribution in [-0.2, 0) is 6.42 Å². The van der Waals surface area contributed by atoms with Crippen LogP contribution in [0.1, 0.15) is 24.5 Å². The molecular formula is C23H16F6. The molecule has 3 aromatic rings. The van der Waals surface area contributed by atoms with Gasteiger partial charge in [-0.25, -0.2) is 17.6 Å². The van der Waals surface area contributed by atoms with E-state index < -0.39 is 40.3 Å². The maximum absolute atomic E-state index is 14.6. The van der Waals surface area contributed by atoms with Gasteiger partial charge in [0, 0.05) is 11.6 Å². The van der Waals surface area contributed by atoms with E-state index in [0.29, 0.717) is 6.42 Å². The van der Waals surface area contributed by atoms with Crippen molar-refractivity contribution in [3.63, 3.8) is 0 Å². The molecule has 150 valence electrons. The molecule has 0 aromatic heterocycles. The zero-order chi connectivity index (χ0) is 21.1. The lowest BCUT2D eigenvalue weighted by molar-refractivity contribution is 0.428. The maximum Gasteiger partial charge on any atom is 0.271 e. The highest BCUT2D eigenvalue weighted by Gasteiger charge is 2.18. The van der Waals surface area contributed by atoms with Crippen LogP contribution in [0.5, 0.6) is 0 Å². The van der Waals surface area contributed by atoms with E-state index in [1.54, 1.807) is 6.07 Å². The van der Waals surface area contributed by atoms with Crippen LogP contribution in [0.4, 0.5) is 26.3 Å². The van der Waals surface area contributed by atoms with Crippen molar-refractivity contribution in [1.82, 2.24) is 0 Å². The molecule has 0 N–H and O–H groups in total. The molecule has 0 amide bonds. The summed E-state index contributed by atoms with van der Waals surface area (Å²) < 4.78 is 82.5. The Morgan fingerprint density at radius 1 is 0.897 bits per heavy atom. The lowest BCUT2D eigenvalue weighted by Crippen LogP contribution is -1.96. The fourth-order valence-electron chi connectivity index (χ4n) is 3.19. The van der Waals surface area contributed by atoms with E-state index in [2.05, 4.69) is 0 Å². The van der Waals surface area contributed by atoms with E-state index in [-0.39, 0.29) is 22.6 Å². The van der Waals surface area contributed by atoms with E-state index in [0.717, 1.165) is 24.1 Å². The van der Waals surface area contributed by atoms with Gasteiger partial charge in [-0.1, -0.05) is 24.3 Å². The van der Waals surface area contributed by atoms with Crippen molar-refractivity contribution < 1.29 is 26.3 Å². The van der Waals surface area contributed by atoms with Gasteiger partial charge in [0.05, 0.1) is 10.9 Å². The Morgan fingerprint density at radius 2 is 1.66 bits per heavy atom. The Kier molecular flexibility index (Phi) is 6.11. The van der Waals surface area contributed by atoms with Gasteiger partial charge in [-0.3, -0.25) is 0 Å². The predicted octanol–water partition coefficient (Wildman–Crippen LogP) is 7.81. The molecule has 6 heteroatoms. The quantitative estimate of drug-likeness (QED) is 0.299. The van der Waals surface area contributed by atoms with Crippen molar-refractivity contribution in [2.45, 2.75) is 19.8 Å². The summed E-state index contributed by atoms with van der Waals surface area (Å²) in [7, 11) is 0. The summed E-state index contributed by atoms with van der Waals surface area (Å²) in [6.07, 6.45) is 2.91. The van der Waals surface area contributed by atoms with Crippen LogP contribution in [0.15, 0.2) is 54.6 Å². The Balaban J connectivity index is 2.09. The molecule has 0 atom stereocenters. The van der Waals surface area contributed by atoms with Crippen LogP contribution >= 0.6 is 0 Å². The molecule has 0 aliphatic carbocycles. The summed E-state index contributed by atoms with van der Waals surface area (Å²) in [5.74, 6) is -4.39. The lowest BCUT2D eigenvalue weighted by atomic mass is 9.97. The Labute approximate surface area is 163 Å². The van der Waals surface area contributed by atoms with Gasteiger partial charge in [-0.2, -0.15) is 8.78 Å². The fourth-order valence-corrected chi connectivity index (χ4v) is 3.19. The van der Waals surface area contributed by atoms with Crippen molar-refractivity contribution in [2.24, 2.45) is 0 Å². The molecule has 0 unspecified atom stereocenters. The average Bonchev–Trinajstić information content (AvgIpc) is 2.64. The molecular weight excluding hydrogens is 390 g/mol. The van der Waals surface area contributed by atoms with Crippen LogP contribution in [0.25, 0.3) is 28.0 Å². The number of aryl methyl sites for hydroxylation is 1. The number of halogens is 6. The van der Waals surface area contributed by atoms with Crippen molar-refractivity contribution in [2.75, 3.05) is 0 Å². The van der Waals surface area contributed by atoms with Gasteiger partial charge in [0.1, 0.15) is 23.3 Å². The zero-order valence-corrected chi connectivity index (χ0v) is 15.4. The largest absolute Gasteiger partial charge is 0.271 e. The molecule has 0 heterocycles. The highest BCUT2D eigenvalue weighted by atomic mass is 19.3. The topological polar surface area (TPSA) is 0 Å². The van der Waals surface area contributed by atoms with Gasteiger partial charge < -0.3 is 0 Å². The number of hydrogen-bond acceptors (Lipinski definition) is 0. The van der Waals surface area contributed by atoms with Gasteiger partial charge in [0.25, 0.3) is 6.08 Å². The van der Waals surface area contributed by atoms with Gasteiger partial charge in [0.2, 0.25) is 0 Å². The zero-order valence-electron chi connectivity index (χ0n) is 15.4. The molecule has 0 aliphatic rings. The summed E-state index contributed by atoms with van der Waals surface area (Å²) in [5, 5.41) is -0.825.